The van der Waals surface area contributed by atoms with Crippen LogP contribution in [-0.4, -0.2) is 47.8 Å². The summed E-state index contributed by atoms with van der Waals surface area (Å²) in [5, 5.41) is 1.11. The average molecular weight is 408 g/mol. The van der Waals surface area contributed by atoms with Gasteiger partial charge in [-0.3, -0.25) is 0 Å². The van der Waals surface area contributed by atoms with Crippen molar-refractivity contribution in [2.75, 3.05) is 31.1 Å². The van der Waals surface area contributed by atoms with Crippen molar-refractivity contribution in [3.63, 3.8) is 0 Å². The van der Waals surface area contributed by atoms with Crippen LogP contribution in [0.1, 0.15) is 46.2 Å². The molecule has 152 valence electrons. The van der Waals surface area contributed by atoms with Crippen LogP contribution in [0.3, 0.4) is 0 Å². The van der Waals surface area contributed by atoms with Crippen LogP contribution in [0.15, 0.2) is 18.2 Å². The molecule has 3 rings (SSSR count). The molecule has 1 aromatic carbocycles. The maximum absolute atomic E-state index is 14.8. The monoisotopic (exact) mass is 407 g/mol. The Bertz CT molecular complexity index is 887. The molecule has 0 saturated carbocycles. The quantitative estimate of drug-likeness (QED) is 0.685. The predicted molar refractivity (Wildman–Crippen MR) is 111 cm³/mol. The van der Waals surface area contributed by atoms with Crippen molar-refractivity contribution in [2.45, 2.75) is 46.1 Å². The number of amides is 1. The molecule has 1 fully saturated rings. The Morgan fingerprint density at radius 2 is 1.82 bits per heavy atom. The number of piperazine rings is 1. The lowest BCUT2D eigenvalue weighted by atomic mass is 10.1. The Morgan fingerprint density at radius 1 is 1.18 bits per heavy atom. The highest BCUT2D eigenvalue weighted by atomic mass is 35.5. The summed E-state index contributed by atoms with van der Waals surface area (Å²) in [6, 6.07) is 5.18. The summed E-state index contributed by atoms with van der Waals surface area (Å²) in [6.07, 6.45) is -0.315. The number of pyridine rings is 1. The summed E-state index contributed by atoms with van der Waals surface area (Å²) in [5.74, 6) is -0.214. The molecule has 2 heterocycles. The van der Waals surface area contributed by atoms with Gasteiger partial charge in [0.05, 0.1) is 5.02 Å². The number of fused-ring (bicyclic) bond motifs is 1. The molecule has 1 saturated heterocycles. The molecular weight excluding hydrogens is 381 g/mol. The van der Waals surface area contributed by atoms with Gasteiger partial charge in [0.15, 0.2) is 5.82 Å². The zero-order valence-corrected chi connectivity index (χ0v) is 17.8. The number of halogens is 2. The van der Waals surface area contributed by atoms with E-state index in [4.69, 9.17) is 16.3 Å². The molecule has 0 N–H and O–H groups in total. The van der Waals surface area contributed by atoms with E-state index in [9.17, 15) is 9.18 Å². The van der Waals surface area contributed by atoms with Crippen molar-refractivity contribution < 1.29 is 13.9 Å². The Morgan fingerprint density at radius 3 is 2.39 bits per heavy atom. The SMILES string of the molecule is CC(C)c1cc(Cl)c2cc(N3CCN(C(=O)OC(C)(C)C)CC3)cc(F)c2n1. The largest absolute Gasteiger partial charge is 0.444 e. The van der Waals surface area contributed by atoms with E-state index < -0.39 is 5.60 Å². The summed E-state index contributed by atoms with van der Waals surface area (Å²) < 4.78 is 20.2. The number of nitrogens with zero attached hydrogens (tertiary/aromatic N) is 3. The third-order valence-electron chi connectivity index (χ3n) is 4.71. The number of hydrogen-bond acceptors (Lipinski definition) is 4. The van der Waals surface area contributed by atoms with Crippen LogP contribution in [0, 0.1) is 5.82 Å². The number of anilines is 1. The van der Waals surface area contributed by atoms with Gasteiger partial charge < -0.3 is 14.5 Å². The first-order valence-corrected chi connectivity index (χ1v) is 9.95. The second-order valence-electron chi connectivity index (χ2n) is 8.46. The lowest BCUT2D eigenvalue weighted by molar-refractivity contribution is 0.0240. The molecule has 2 aromatic rings. The molecule has 7 heteroatoms. The highest BCUT2D eigenvalue weighted by Gasteiger charge is 2.26. The van der Waals surface area contributed by atoms with Crippen LogP contribution in [0.2, 0.25) is 5.02 Å². The van der Waals surface area contributed by atoms with Gasteiger partial charge in [-0.05, 0) is 44.9 Å². The molecule has 1 aliphatic rings. The average Bonchev–Trinajstić information content (AvgIpc) is 2.60. The van der Waals surface area contributed by atoms with E-state index in [2.05, 4.69) is 9.88 Å². The van der Waals surface area contributed by atoms with Crippen molar-refractivity contribution in [1.29, 1.82) is 0 Å². The van der Waals surface area contributed by atoms with Crippen LogP contribution in [-0.2, 0) is 4.74 Å². The number of carbonyl (C=O) groups excluding carboxylic acids is 1. The van der Waals surface area contributed by atoms with Crippen LogP contribution in [0.5, 0.6) is 0 Å². The van der Waals surface area contributed by atoms with Crippen molar-refractivity contribution in [2.24, 2.45) is 0 Å². The highest BCUT2D eigenvalue weighted by molar-refractivity contribution is 6.35. The Kier molecular flexibility index (Phi) is 5.71. The fourth-order valence-corrected chi connectivity index (χ4v) is 3.46. The lowest BCUT2D eigenvalue weighted by Crippen LogP contribution is -2.50. The van der Waals surface area contributed by atoms with Crippen molar-refractivity contribution in [3.05, 3.63) is 34.7 Å². The van der Waals surface area contributed by atoms with E-state index in [1.807, 2.05) is 40.7 Å². The normalized spacial score (nSPS) is 15.4. The number of rotatable bonds is 2. The second kappa shape index (κ2) is 7.74. The maximum Gasteiger partial charge on any atom is 0.410 e. The Balaban J connectivity index is 1.79. The van der Waals surface area contributed by atoms with Crippen molar-refractivity contribution >= 4 is 34.3 Å². The number of carbonyl (C=O) groups is 1. The molecule has 28 heavy (non-hydrogen) atoms. The van der Waals surface area contributed by atoms with Gasteiger partial charge in [-0.15, -0.1) is 0 Å². The summed E-state index contributed by atoms with van der Waals surface area (Å²) in [5.41, 5.74) is 1.30. The first kappa shape index (κ1) is 20.6. The molecule has 0 radical (unpaired) electrons. The second-order valence-corrected chi connectivity index (χ2v) is 8.87. The van der Waals surface area contributed by atoms with Gasteiger partial charge in [0, 0.05) is 42.9 Å². The Hall–Kier alpha value is -2.08. The number of ether oxygens (including phenoxy) is 1. The summed E-state index contributed by atoms with van der Waals surface area (Å²) in [7, 11) is 0. The number of aromatic nitrogens is 1. The molecule has 0 unspecified atom stereocenters. The molecule has 0 aliphatic carbocycles. The minimum Gasteiger partial charge on any atom is -0.444 e. The fourth-order valence-electron chi connectivity index (χ4n) is 3.20. The molecule has 1 amide bonds. The van der Waals surface area contributed by atoms with E-state index in [0.29, 0.717) is 42.1 Å². The van der Waals surface area contributed by atoms with Crippen LogP contribution < -0.4 is 4.90 Å². The van der Waals surface area contributed by atoms with E-state index >= 15 is 0 Å². The van der Waals surface area contributed by atoms with E-state index in [1.165, 1.54) is 6.07 Å². The minimum atomic E-state index is -0.520. The Labute approximate surface area is 170 Å². The standard InChI is InChI=1S/C21H27ClFN3O2/c1-13(2)18-12-16(22)15-10-14(11-17(23)19(15)24-18)25-6-8-26(9-7-25)20(27)28-21(3,4)5/h10-13H,6-9H2,1-5H3. The van der Waals surface area contributed by atoms with Gasteiger partial charge in [-0.1, -0.05) is 25.4 Å². The predicted octanol–water partition coefficient (Wildman–Crippen LogP) is 5.21. The van der Waals surface area contributed by atoms with Crippen LogP contribution >= 0.6 is 11.6 Å². The van der Waals surface area contributed by atoms with Gasteiger partial charge in [-0.25, -0.2) is 14.2 Å². The first-order chi connectivity index (χ1) is 13.0. The van der Waals surface area contributed by atoms with Crippen molar-refractivity contribution in [3.8, 4) is 0 Å². The zero-order chi connectivity index (χ0) is 20.6. The summed E-state index contributed by atoms with van der Waals surface area (Å²) in [6.45, 7) is 11.8. The molecule has 1 aliphatic heterocycles. The molecular formula is C21H27ClFN3O2. The lowest BCUT2D eigenvalue weighted by Gasteiger charge is -2.36. The smallest absolute Gasteiger partial charge is 0.410 e. The third kappa shape index (κ3) is 4.49. The molecule has 5 nitrogen and oxygen atoms in total. The van der Waals surface area contributed by atoms with Crippen molar-refractivity contribution in [1.82, 2.24) is 9.88 Å². The first-order valence-electron chi connectivity index (χ1n) is 9.58. The van der Waals surface area contributed by atoms with Gasteiger partial charge >= 0.3 is 6.09 Å². The molecule has 1 aromatic heterocycles. The topological polar surface area (TPSA) is 45.7 Å². The summed E-state index contributed by atoms with van der Waals surface area (Å²) >= 11 is 6.42. The number of benzene rings is 1. The van der Waals surface area contributed by atoms with E-state index in [1.54, 1.807) is 11.0 Å². The minimum absolute atomic E-state index is 0.168. The van der Waals surface area contributed by atoms with E-state index in [0.717, 1.165) is 11.4 Å². The van der Waals surface area contributed by atoms with Crippen LogP contribution in [0.25, 0.3) is 10.9 Å². The van der Waals surface area contributed by atoms with Gasteiger partial charge in [0.25, 0.3) is 0 Å². The molecule has 0 atom stereocenters. The van der Waals surface area contributed by atoms with E-state index in [-0.39, 0.29) is 17.8 Å². The molecule has 0 bridgehead atoms. The zero-order valence-electron chi connectivity index (χ0n) is 17.1. The fraction of sp³-hybridized carbons (Fsp3) is 0.524. The number of hydrogen-bond donors (Lipinski definition) is 0. The molecule has 0 spiro atoms. The van der Waals surface area contributed by atoms with Gasteiger partial charge in [0.1, 0.15) is 11.1 Å². The highest BCUT2D eigenvalue weighted by Crippen LogP contribution is 2.32. The van der Waals surface area contributed by atoms with Gasteiger partial charge in [0.2, 0.25) is 0 Å². The maximum atomic E-state index is 14.8. The van der Waals surface area contributed by atoms with Gasteiger partial charge in [-0.2, -0.15) is 0 Å². The third-order valence-corrected chi connectivity index (χ3v) is 5.02. The summed E-state index contributed by atoms with van der Waals surface area (Å²) in [4.78, 5) is 20.4. The van der Waals surface area contributed by atoms with Crippen LogP contribution in [0.4, 0.5) is 14.9 Å².